The van der Waals surface area contributed by atoms with Crippen molar-refractivity contribution in [3.63, 3.8) is 0 Å². The molecule has 0 bridgehead atoms. The highest BCUT2D eigenvalue weighted by Gasteiger charge is 2.29. The van der Waals surface area contributed by atoms with Gasteiger partial charge in [0.05, 0.1) is 31.0 Å². The Kier molecular flexibility index (Phi) is 9.21. The lowest BCUT2D eigenvalue weighted by atomic mass is 10.2. The summed E-state index contributed by atoms with van der Waals surface area (Å²) in [6.45, 7) is 3.42. The van der Waals surface area contributed by atoms with Gasteiger partial charge in [0, 0.05) is 12.8 Å². The first-order valence-electron chi connectivity index (χ1n) is 11.2. The van der Waals surface area contributed by atoms with E-state index in [-0.39, 0.29) is 54.7 Å². The second-order valence-corrected chi connectivity index (χ2v) is 12.2. The minimum atomic E-state index is -3.74. The van der Waals surface area contributed by atoms with Gasteiger partial charge >= 0.3 is 5.97 Å². The number of hydrogen-bond acceptors (Lipinski definition) is 11. The number of rotatable bonds is 13. The third-order valence-electron chi connectivity index (χ3n) is 5.05. The number of nitrogens with zero attached hydrogens (tertiary/aromatic N) is 3. The number of sulfone groups is 1. The molecule has 0 aliphatic rings. The molecule has 1 aromatic carbocycles. The van der Waals surface area contributed by atoms with E-state index in [2.05, 4.69) is 20.0 Å². The van der Waals surface area contributed by atoms with E-state index >= 15 is 0 Å². The summed E-state index contributed by atoms with van der Waals surface area (Å²) in [6, 6.07) is 4.98. The molecular formula is C21H29N6O8PS. The van der Waals surface area contributed by atoms with Crippen molar-refractivity contribution in [2.24, 2.45) is 0 Å². The van der Waals surface area contributed by atoms with Crippen LogP contribution >= 0.6 is 7.52 Å². The number of ether oxygens (including phenoxy) is 2. The predicted molar refractivity (Wildman–Crippen MR) is 135 cm³/mol. The van der Waals surface area contributed by atoms with E-state index in [1.54, 1.807) is 23.6 Å². The summed E-state index contributed by atoms with van der Waals surface area (Å²) in [5.41, 5.74) is 6.09. The van der Waals surface area contributed by atoms with Crippen LogP contribution in [0.5, 0.6) is 0 Å². The lowest BCUT2D eigenvalue weighted by Crippen LogP contribution is -2.34. The lowest BCUT2D eigenvalue weighted by Gasteiger charge is -2.23. The van der Waals surface area contributed by atoms with Crippen LogP contribution in [0.15, 0.2) is 40.3 Å². The van der Waals surface area contributed by atoms with Gasteiger partial charge in [0.25, 0.3) is 13.1 Å². The fraction of sp³-hybridized carbons (Fsp3) is 0.429. The van der Waals surface area contributed by atoms with Crippen molar-refractivity contribution in [2.45, 2.75) is 37.9 Å². The molecule has 0 saturated heterocycles. The van der Waals surface area contributed by atoms with Gasteiger partial charge < -0.3 is 24.3 Å². The zero-order valence-corrected chi connectivity index (χ0v) is 22.3. The maximum atomic E-state index is 13.5. The monoisotopic (exact) mass is 556 g/mol. The van der Waals surface area contributed by atoms with E-state index < -0.39 is 34.9 Å². The van der Waals surface area contributed by atoms with Crippen molar-refractivity contribution in [1.29, 1.82) is 0 Å². The van der Waals surface area contributed by atoms with Crippen LogP contribution in [-0.2, 0) is 46.3 Å². The molecule has 2 heterocycles. The van der Waals surface area contributed by atoms with E-state index in [0.717, 1.165) is 6.26 Å². The van der Waals surface area contributed by atoms with E-state index in [9.17, 15) is 22.6 Å². The molecule has 0 aliphatic heterocycles. The van der Waals surface area contributed by atoms with Crippen LogP contribution in [0.4, 0.5) is 5.95 Å². The van der Waals surface area contributed by atoms with E-state index in [0.29, 0.717) is 5.56 Å². The van der Waals surface area contributed by atoms with Gasteiger partial charge in [-0.2, -0.15) is 4.98 Å². The molecule has 0 fully saturated rings. The number of imidazole rings is 1. The molecule has 0 spiro atoms. The molecule has 2 unspecified atom stereocenters. The van der Waals surface area contributed by atoms with Crippen molar-refractivity contribution in [3.05, 3.63) is 46.5 Å². The summed E-state index contributed by atoms with van der Waals surface area (Å²) in [5.74, 6) is -0.664. The minimum Gasteiger partial charge on any atom is -0.465 e. The molecule has 3 rings (SSSR count). The molecule has 3 aromatic rings. The Morgan fingerprint density at radius 1 is 1.30 bits per heavy atom. The number of nitrogen functional groups attached to an aromatic ring is 1. The van der Waals surface area contributed by atoms with Crippen molar-refractivity contribution in [2.75, 3.05) is 31.6 Å². The van der Waals surface area contributed by atoms with Gasteiger partial charge in [0.2, 0.25) is 5.95 Å². The van der Waals surface area contributed by atoms with Gasteiger partial charge in [-0.25, -0.2) is 18.5 Å². The summed E-state index contributed by atoms with van der Waals surface area (Å²) < 4.78 is 54.6. The van der Waals surface area contributed by atoms with Gasteiger partial charge in [-0.1, -0.05) is 12.1 Å². The summed E-state index contributed by atoms with van der Waals surface area (Å²) in [7, 11) is -7.10. The standard InChI is InChI=1S/C21H29N6O8PS/c1-4-34-20(29)14(2)26-36(30,35-11-15-5-7-16(8-6-15)37(3,31)32)13-33-10-9-27-12-23-17-18(27)24-21(22)25-19(17)28/h5-8,12,14H,4,9-11,13H2,1-3H3,(H,26,30)(H3,22,24,25,28). The normalized spacial score (nSPS) is 14.4. The number of H-pyrrole nitrogens is 1. The maximum absolute atomic E-state index is 13.5. The molecule has 37 heavy (non-hydrogen) atoms. The Labute approximate surface area is 213 Å². The second kappa shape index (κ2) is 12.0. The van der Waals surface area contributed by atoms with Gasteiger partial charge in [-0.05, 0) is 31.5 Å². The minimum absolute atomic E-state index is 0.0473. The number of hydrogen-bond donors (Lipinski definition) is 3. The van der Waals surface area contributed by atoms with Crippen molar-refractivity contribution in [1.82, 2.24) is 24.6 Å². The SMILES string of the molecule is CCOC(=O)C(C)NP(=O)(COCCn1cnc2c(=O)[nH]c(N)nc21)OCc1ccc(S(C)(=O)=O)cc1. The molecule has 0 aliphatic carbocycles. The summed E-state index contributed by atoms with van der Waals surface area (Å²) in [6.07, 6.45) is 2.12. The summed E-state index contributed by atoms with van der Waals surface area (Å²) >= 11 is 0. The number of esters is 1. The van der Waals surface area contributed by atoms with Crippen molar-refractivity contribution in [3.8, 4) is 0 Å². The molecule has 4 N–H and O–H groups in total. The van der Waals surface area contributed by atoms with Crippen molar-refractivity contribution >= 4 is 40.4 Å². The van der Waals surface area contributed by atoms with Gasteiger partial charge in [0.1, 0.15) is 12.4 Å². The molecular weight excluding hydrogens is 527 g/mol. The van der Waals surface area contributed by atoms with Crippen LogP contribution in [-0.4, -0.2) is 65.8 Å². The fourth-order valence-electron chi connectivity index (χ4n) is 3.22. The summed E-state index contributed by atoms with van der Waals surface area (Å²) in [4.78, 5) is 34.6. The zero-order valence-electron chi connectivity index (χ0n) is 20.5. The number of carbonyl (C=O) groups excluding carboxylic acids is 1. The molecule has 14 nitrogen and oxygen atoms in total. The highest BCUT2D eigenvalue weighted by molar-refractivity contribution is 7.90. The Hall–Kier alpha value is -3.10. The number of aromatic amines is 1. The van der Waals surface area contributed by atoms with Crippen LogP contribution in [0.3, 0.4) is 0 Å². The molecule has 202 valence electrons. The molecule has 2 aromatic heterocycles. The number of carbonyl (C=O) groups is 1. The second-order valence-electron chi connectivity index (χ2n) is 8.06. The molecule has 16 heteroatoms. The Morgan fingerprint density at radius 2 is 2.00 bits per heavy atom. The van der Waals surface area contributed by atoms with Crippen LogP contribution in [0.2, 0.25) is 0 Å². The highest BCUT2D eigenvalue weighted by atomic mass is 32.2. The molecule has 2 atom stereocenters. The van der Waals surface area contributed by atoms with E-state index in [1.807, 2.05) is 0 Å². The predicted octanol–water partition coefficient (Wildman–Crippen LogP) is 1.03. The number of aromatic nitrogens is 4. The molecule has 0 radical (unpaired) electrons. The van der Waals surface area contributed by atoms with Gasteiger partial charge in [-0.3, -0.25) is 19.1 Å². The number of nitrogens with two attached hydrogens (primary N) is 1. The maximum Gasteiger partial charge on any atom is 0.323 e. The van der Waals surface area contributed by atoms with Gasteiger partial charge in [0.15, 0.2) is 21.0 Å². The van der Waals surface area contributed by atoms with Crippen molar-refractivity contribution < 1.29 is 31.8 Å². The van der Waals surface area contributed by atoms with Gasteiger partial charge in [-0.15, -0.1) is 0 Å². The first kappa shape index (κ1) is 28.5. The smallest absolute Gasteiger partial charge is 0.323 e. The lowest BCUT2D eigenvalue weighted by molar-refractivity contribution is -0.144. The van der Waals surface area contributed by atoms with Crippen LogP contribution in [0, 0.1) is 0 Å². The fourth-order valence-corrected chi connectivity index (χ4v) is 5.50. The average Bonchev–Trinajstić information content (AvgIpc) is 3.23. The quantitative estimate of drug-likeness (QED) is 0.154. The topological polar surface area (TPSA) is 198 Å². The Morgan fingerprint density at radius 3 is 2.65 bits per heavy atom. The Balaban J connectivity index is 1.67. The summed E-state index contributed by atoms with van der Waals surface area (Å²) in [5, 5.41) is 2.67. The largest absolute Gasteiger partial charge is 0.465 e. The third-order valence-corrected chi connectivity index (χ3v) is 8.03. The first-order valence-corrected chi connectivity index (χ1v) is 14.9. The van der Waals surface area contributed by atoms with E-state index in [4.69, 9.17) is 19.7 Å². The highest BCUT2D eigenvalue weighted by Crippen LogP contribution is 2.44. The van der Waals surface area contributed by atoms with Crippen LogP contribution < -0.4 is 16.4 Å². The number of benzene rings is 1. The number of fused-ring (bicyclic) bond motifs is 1. The zero-order chi connectivity index (χ0) is 27.2. The number of nitrogens with one attached hydrogen (secondary N) is 2. The van der Waals surface area contributed by atoms with Crippen LogP contribution in [0.25, 0.3) is 11.2 Å². The number of anilines is 1. The molecule has 0 amide bonds. The van der Waals surface area contributed by atoms with E-state index in [1.165, 1.54) is 25.4 Å². The van der Waals surface area contributed by atoms with Crippen LogP contribution in [0.1, 0.15) is 19.4 Å². The Bertz CT molecular complexity index is 1450. The first-order chi connectivity index (χ1) is 17.4. The molecule has 0 saturated carbocycles. The average molecular weight is 557 g/mol. The third kappa shape index (κ3) is 7.69.